The molecule has 0 aliphatic carbocycles. The fourth-order valence-corrected chi connectivity index (χ4v) is 3.01. The van der Waals surface area contributed by atoms with E-state index in [0.29, 0.717) is 15.4 Å². The Morgan fingerprint density at radius 1 is 1.40 bits per heavy atom. The van der Waals surface area contributed by atoms with Crippen LogP contribution in [0.4, 0.5) is 0 Å². The summed E-state index contributed by atoms with van der Waals surface area (Å²) in [6.45, 7) is 1.80. The maximum atomic E-state index is 11.8. The van der Waals surface area contributed by atoms with Gasteiger partial charge in [0, 0.05) is 4.91 Å². The van der Waals surface area contributed by atoms with Crippen LogP contribution in [0.1, 0.15) is 18.1 Å². The van der Waals surface area contributed by atoms with Gasteiger partial charge in [0.1, 0.15) is 0 Å². The zero-order valence-corrected chi connectivity index (χ0v) is 9.04. The molecule has 0 atom stereocenters. The molecule has 1 aromatic carbocycles. The van der Waals surface area contributed by atoms with Crippen LogP contribution in [0.3, 0.4) is 0 Å². The first-order valence-corrected chi connectivity index (χ1v) is 5.92. The molecule has 0 bridgehead atoms. The van der Waals surface area contributed by atoms with E-state index >= 15 is 0 Å². The quantitative estimate of drug-likeness (QED) is 0.768. The number of fused-ring (bicyclic) bond motifs is 1. The minimum atomic E-state index is -3.26. The summed E-state index contributed by atoms with van der Waals surface area (Å²) in [4.78, 5) is 5.24. The summed E-state index contributed by atoms with van der Waals surface area (Å²) >= 11 is 0. The summed E-state index contributed by atoms with van der Waals surface area (Å²) in [5, 5.41) is 0. The van der Waals surface area contributed by atoms with Crippen LogP contribution in [0.2, 0.25) is 0 Å². The number of allylic oxidation sites excluding steroid dienone is 1. The summed E-state index contributed by atoms with van der Waals surface area (Å²) in [7, 11) is -3.26. The Morgan fingerprint density at radius 3 is 2.80 bits per heavy atom. The van der Waals surface area contributed by atoms with E-state index in [9.17, 15) is 8.42 Å². The average Bonchev–Trinajstić information content (AvgIpc) is 2.41. The van der Waals surface area contributed by atoms with Crippen molar-refractivity contribution < 1.29 is 13.3 Å². The van der Waals surface area contributed by atoms with Gasteiger partial charge in [0.2, 0.25) is 9.84 Å². The van der Waals surface area contributed by atoms with E-state index in [1.54, 1.807) is 31.2 Å². The lowest BCUT2D eigenvalue weighted by atomic mass is 10.1. The number of hydrogen-bond donors (Lipinski definition) is 1. The lowest BCUT2D eigenvalue weighted by molar-refractivity contribution is 0.124. The van der Waals surface area contributed by atoms with Crippen molar-refractivity contribution in [2.45, 2.75) is 18.4 Å². The van der Waals surface area contributed by atoms with Gasteiger partial charge in [0.05, 0.1) is 11.5 Å². The first kappa shape index (κ1) is 10.4. The molecule has 1 aromatic rings. The van der Waals surface area contributed by atoms with Crippen LogP contribution in [-0.2, 0) is 21.3 Å². The molecule has 0 radical (unpaired) electrons. The minimum absolute atomic E-state index is 0.211. The maximum Gasteiger partial charge on any atom is 0.203 e. The zero-order valence-electron chi connectivity index (χ0n) is 8.23. The van der Waals surface area contributed by atoms with E-state index in [2.05, 4.69) is 4.84 Å². The van der Waals surface area contributed by atoms with Crippen molar-refractivity contribution in [1.82, 2.24) is 0 Å². The predicted molar refractivity (Wildman–Crippen MR) is 56.3 cm³/mol. The SMILES string of the molecule is CC1=Cc2c(CON)cccc2S1(=O)=O. The first-order chi connectivity index (χ1) is 7.07. The number of benzene rings is 1. The van der Waals surface area contributed by atoms with Crippen molar-refractivity contribution in [2.24, 2.45) is 5.90 Å². The van der Waals surface area contributed by atoms with Crippen LogP contribution in [0, 0.1) is 0 Å². The molecule has 15 heavy (non-hydrogen) atoms. The van der Waals surface area contributed by atoms with Crippen LogP contribution in [0.25, 0.3) is 6.08 Å². The van der Waals surface area contributed by atoms with E-state index in [1.807, 2.05) is 0 Å². The Morgan fingerprint density at radius 2 is 2.13 bits per heavy atom. The molecule has 5 heteroatoms. The van der Waals surface area contributed by atoms with E-state index in [4.69, 9.17) is 5.90 Å². The Kier molecular flexibility index (Phi) is 2.38. The second kappa shape index (κ2) is 3.44. The van der Waals surface area contributed by atoms with Crippen LogP contribution in [0.5, 0.6) is 0 Å². The molecule has 0 unspecified atom stereocenters. The van der Waals surface area contributed by atoms with E-state index in [-0.39, 0.29) is 6.61 Å². The number of rotatable bonds is 2. The molecule has 1 aliphatic rings. The van der Waals surface area contributed by atoms with Crippen molar-refractivity contribution >= 4 is 15.9 Å². The molecule has 0 spiro atoms. The number of nitrogens with two attached hydrogens (primary N) is 1. The molecule has 0 saturated carbocycles. The third kappa shape index (κ3) is 1.49. The Hall–Kier alpha value is -1.17. The minimum Gasteiger partial charge on any atom is -0.300 e. The lowest BCUT2D eigenvalue weighted by Crippen LogP contribution is -2.03. The summed E-state index contributed by atoms with van der Waals surface area (Å²) in [5.41, 5.74) is 1.48. The molecule has 4 nitrogen and oxygen atoms in total. The highest BCUT2D eigenvalue weighted by atomic mass is 32.2. The van der Waals surface area contributed by atoms with Crippen molar-refractivity contribution in [3.63, 3.8) is 0 Å². The molecule has 2 N–H and O–H groups in total. The van der Waals surface area contributed by atoms with Crippen molar-refractivity contribution in [2.75, 3.05) is 0 Å². The van der Waals surface area contributed by atoms with Crippen LogP contribution >= 0.6 is 0 Å². The van der Waals surface area contributed by atoms with Crippen LogP contribution < -0.4 is 5.90 Å². The lowest BCUT2D eigenvalue weighted by Gasteiger charge is -2.04. The van der Waals surface area contributed by atoms with Crippen LogP contribution in [0.15, 0.2) is 28.0 Å². The highest BCUT2D eigenvalue weighted by molar-refractivity contribution is 7.95. The van der Waals surface area contributed by atoms with Gasteiger partial charge in [-0.05, 0) is 30.2 Å². The third-order valence-electron chi connectivity index (χ3n) is 2.46. The van der Waals surface area contributed by atoms with Gasteiger partial charge in [-0.15, -0.1) is 0 Å². The van der Waals surface area contributed by atoms with E-state index in [1.165, 1.54) is 0 Å². The standard InChI is InChI=1S/C10H11NO3S/c1-7-5-9-8(6-14-11)3-2-4-10(9)15(7,12)13/h2-5H,6,11H2,1H3. The summed E-state index contributed by atoms with van der Waals surface area (Å²) in [5.74, 6) is 4.99. The fourth-order valence-electron chi connectivity index (χ4n) is 1.66. The van der Waals surface area contributed by atoms with Crippen LogP contribution in [-0.4, -0.2) is 8.42 Å². The van der Waals surface area contributed by atoms with E-state index in [0.717, 1.165) is 5.56 Å². The number of hydrogen-bond acceptors (Lipinski definition) is 4. The van der Waals surface area contributed by atoms with Gasteiger partial charge >= 0.3 is 0 Å². The maximum absolute atomic E-state index is 11.8. The molecule has 1 aliphatic heterocycles. The first-order valence-electron chi connectivity index (χ1n) is 4.44. The highest BCUT2D eigenvalue weighted by Crippen LogP contribution is 2.34. The van der Waals surface area contributed by atoms with Gasteiger partial charge in [-0.2, -0.15) is 0 Å². The summed E-state index contributed by atoms with van der Waals surface area (Å²) < 4.78 is 23.6. The molecule has 0 fully saturated rings. The number of sulfone groups is 1. The molecular formula is C10H11NO3S. The van der Waals surface area contributed by atoms with E-state index < -0.39 is 9.84 Å². The van der Waals surface area contributed by atoms with Crippen molar-refractivity contribution in [3.8, 4) is 0 Å². The normalized spacial score (nSPS) is 17.3. The molecule has 0 amide bonds. The average molecular weight is 225 g/mol. The van der Waals surface area contributed by atoms with Gasteiger partial charge < -0.3 is 0 Å². The monoisotopic (exact) mass is 225 g/mol. The molecule has 0 saturated heterocycles. The second-order valence-electron chi connectivity index (χ2n) is 3.40. The smallest absolute Gasteiger partial charge is 0.203 e. The van der Waals surface area contributed by atoms with Gasteiger partial charge in [-0.25, -0.2) is 14.3 Å². The Balaban J connectivity index is 2.66. The third-order valence-corrected chi connectivity index (χ3v) is 4.36. The largest absolute Gasteiger partial charge is 0.300 e. The van der Waals surface area contributed by atoms with Gasteiger partial charge in [-0.1, -0.05) is 12.1 Å². The summed E-state index contributed by atoms with van der Waals surface area (Å²) in [6.07, 6.45) is 1.65. The molecule has 2 rings (SSSR count). The predicted octanol–water partition coefficient (Wildman–Crippen LogP) is 1.23. The molecule has 0 aromatic heterocycles. The molecule has 80 valence electrons. The van der Waals surface area contributed by atoms with Gasteiger partial charge in [-0.3, -0.25) is 4.84 Å². The highest BCUT2D eigenvalue weighted by Gasteiger charge is 2.27. The Bertz CT molecular complexity index is 532. The van der Waals surface area contributed by atoms with Gasteiger partial charge in [0.15, 0.2) is 0 Å². The fraction of sp³-hybridized carbons (Fsp3) is 0.200. The summed E-state index contributed by atoms with van der Waals surface area (Å²) in [6, 6.07) is 5.09. The molecule has 1 heterocycles. The van der Waals surface area contributed by atoms with Crippen molar-refractivity contribution in [1.29, 1.82) is 0 Å². The topological polar surface area (TPSA) is 69.4 Å². The second-order valence-corrected chi connectivity index (χ2v) is 5.49. The Labute approximate surface area is 88.2 Å². The van der Waals surface area contributed by atoms with Gasteiger partial charge in [0.25, 0.3) is 0 Å². The van der Waals surface area contributed by atoms with Crippen molar-refractivity contribution in [3.05, 3.63) is 34.2 Å². The zero-order chi connectivity index (χ0) is 11.1. The molecular weight excluding hydrogens is 214 g/mol.